The van der Waals surface area contributed by atoms with Crippen molar-refractivity contribution in [1.82, 2.24) is 19.7 Å². The Morgan fingerprint density at radius 1 is 1.05 bits per heavy atom. The maximum absolute atomic E-state index is 6.15. The van der Waals surface area contributed by atoms with Crippen molar-refractivity contribution in [3.63, 3.8) is 0 Å². The van der Waals surface area contributed by atoms with Crippen LogP contribution in [0, 0.1) is 0 Å². The van der Waals surface area contributed by atoms with Crippen molar-refractivity contribution in [2.24, 2.45) is 0 Å². The summed E-state index contributed by atoms with van der Waals surface area (Å²) in [6.07, 6.45) is 3.08. The smallest absolute Gasteiger partial charge is 0.146 e. The van der Waals surface area contributed by atoms with Crippen molar-refractivity contribution in [2.75, 3.05) is 5.73 Å². The number of nitrogen functional groups attached to an aromatic ring is 1. The third-order valence-electron chi connectivity index (χ3n) is 2.70. The van der Waals surface area contributed by atoms with Crippen molar-refractivity contribution < 1.29 is 0 Å². The zero-order valence-electron chi connectivity index (χ0n) is 9.86. The van der Waals surface area contributed by atoms with Gasteiger partial charge in [0.2, 0.25) is 0 Å². The van der Waals surface area contributed by atoms with Crippen LogP contribution in [0.2, 0.25) is 5.02 Å². The van der Waals surface area contributed by atoms with E-state index < -0.39 is 0 Å². The predicted molar refractivity (Wildman–Crippen MR) is 74.0 cm³/mol. The number of para-hydroxylation sites is 1. The first-order valence-electron chi connectivity index (χ1n) is 5.63. The lowest BCUT2D eigenvalue weighted by atomic mass is 10.2. The second-order valence-corrected chi connectivity index (χ2v) is 4.26. The van der Waals surface area contributed by atoms with E-state index in [1.54, 1.807) is 10.9 Å². The molecular formula is C13H10ClN5. The molecule has 0 radical (unpaired) electrons. The van der Waals surface area contributed by atoms with E-state index in [9.17, 15) is 0 Å². The number of benzene rings is 1. The molecule has 0 aliphatic rings. The Bertz CT molecular complexity index is 708. The summed E-state index contributed by atoms with van der Waals surface area (Å²) in [4.78, 5) is 8.04. The molecule has 1 aromatic carbocycles. The van der Waals surface area contributed by atoms with E-state index in [2.05, 4.69) is 15.1 Å². The van der Waals surface area contributed by atoms with Crippen LogP contribution in [0.25, 0.3) is 17.1 Å². The quantitative estimate of drug-likeness (QED) is 0.778. The Kier molecular flexibility index (Phi) is 2.89. The minimum absolute atomic E-state index is 0.257. The first-order valence-corrected chi connectivity index (χ1v) is 6.01. The SMILES string of the molecule is Nc1ncnc(-c2ccnn2-c2ccccc2)c1Cl. The monoisotopic (exact) mass is 271 g/mol. The maximum atomic E-state index is 6.15. The molecule has 2 heterocycles. The number of rotatable bonds is 2. The molecule has 3 aromatic rings. The molecule has 94 valence electrons. The molecule has 0 aliphatic heterocycles. The number of nitrogens with zero attached hydrogens (tertiary/aromatic N) is 4. The fraction of sp³-hybridized carbons (Fsp3) is 0. The molecule has 0 saturated carbocycles. The lowest BCUT2D eigenvalue weighted by Crippen LogP contribution is -2.02. The summed E-state index contributed by atoms with van der Waals surface area (Å²) in [6, 6.07) is 11.6. The van der Waals surface area contributed by atoms with E-state index >= 15 is 0 Å². The summed E-state index contributed by atoms with van der Waals surface area (Å²) < 4.78 is 1.76. The van der Waals surface area contributed by atoms with Crippen LogP contribution in [0.15, 0.2) is 48.9 Å². The molecule has 0 saturated heterocycles. The minimum atomic E-state index is 0.257. The molecule has 0 bridgehead atoms. The first kappa shape index (κ1) is 11.7. The van der Waals surface area contributed by atoms with Crippen LogP contribution in [-0.4, -0.2) is 19.7 Å². The Hall–Kier alpha value is -2.40. The van der Waals surface area contributed by atoms with Gasteiger partial charge in [-0.3, -0.25) is 0 Å². The van der Waals surface area contributed by atoms with Gasteiger partial charge in [0, 0.05) is 0 Å². The van der Waals surface area contributed by atoms with E-state index in [0.717, 1.165) is 11.4 Å². The minimum Gasteiger partial charge on any atom is -0.382 e. The summed E-state index contributed by atoms with van der Waals surface area (Å²) >= 11 is 6.15. The molecule has 2 N–H and O–H groups in total. The molecule has 3 rings (SSSR count). The number of anilines is 1. The van der Waals surface area contributed by atoms with Gasteiger partial charge in [0.25, 0.3) is 0 Å². The van der Waals surface area contributed by atoms with E-state index in [-0.39, 0.29) is 5.82 Å². The molecule has 0 amide bonds. The van der Waals surface area contributed by atoms with E-state index in [0.29, 0.717) is 10.7 Å². The fourth-order valence-electron chi connectivity index (χ4n) is 1.82. The first-order chi connectivity index (χ1) is 9.27. The predicted octanol–water partition coefficient (Wildman–Crippen LogP) is 2.56. The van der Waals surface area contributed by atoms with Crippen molar-refractivity contribution in [3.05, 3.63) is 53.9 Å². The van der Waals surface area contributed by atoms with Gasteiger partial charge >= 0.3 is 0 Å². The van der Waals surface area contributed by atoms with Crippen molar-refractivity contribution in [1.29, 1.82) is 0 Å². The van der Waals surface area contributed by atoms with Gasteiger partial charge in [-0.05, 0) is 18.2 Å². The number of hydrogen-bond donors (Lipinski definition) is 1. The number of aromatic nitrogens is 4. The standard InChI is InChI=1S/C13H10ClN5/c14-11-12(16-8-17-13(11)15)10-6-7-18-19(10)9-4-2-1-3-5-9/h1-8H,(H2,15,16,17). The number of nitrogens with two attached hydrogens (primary N) is 1. The molecule has 0 fully saturated rings. The summed E-state index contributed by atoms with van der Waals surface area (Å²) in [5.74, 6) is 0.257. The van der Waals surface area contributed by atoms with Crippen LogP contribution in [0.5, 0.6) is 0 Å². The highest BCUT2D eigenvalue weighted by Crippen LogP contribution is 2.29. The Morgan fingerprint density at radius 2 is 1.84 bits per heavy atom. The molecule has 6 heteroatoms. The Morgan fingerprint density at radius 3 is 2.63 bits per heavy atom. The topological polar surface area (TPSA) is 69.6 Å². The van der Waals surface area contributed by atoms with E-state index in [1.165, 1.54) is 6.33 Å². The number of hydrogen-bond acceptors (Lipinski definition) is 4. The van der Waals surface area contributed by atoms with Gasteiger partial charge in [-0.1, -0.05) is 29.8 Å². The van der Waals surface area contributed by atoms with Crippen molar-refractivity contribution in [3.8, 4) is 17.1 Å². The van der Waals surface area contributed by atoms with Crippen LogP contribution in [0.3, 0.4) is 0 Å². The van der Waals surface area contributed by atoms with Crippen LogP contribution >= 0.6 is 11.6 Å². The summed E-state index contributed by atoms with van der Waals surface area (Å²) in [5.41, 5.74) is 7.96. The maximum Gasteiger partial charge on any atom is 0.146 e. The second kappa shape index (κ2) is 4.70. The zero-order valence-corrected chi connectivity index (χ0v) is 10.6. The third-order valence-corrected chi connectivity index (χ3v) is 3.08. The van der Waals surface area contributed by atoms with Crippen molar-refractivity contribution in [2.45, 2.75) is 0 Å². The lowest BCUT2D eigenvalue weighted by Gasteiger charge is -2.08. The fourth-order valence-corrected chi connectivity index (χ4v) is 2.01. The van der Waals surface area contributed by atoms with Gasteiger partial charge in [0.15, 0.2) is 0 Å². The van der Waals surface area contributed by atoms with E-state index in [1.807, 2.05) is 36.4 Å². The van der Waals surface area contributed by atoms with Gasteiger partial charge < -0.3 is 5.73 Å². The molecule has 0 atom stereocenters. The largest absolute Gasteiger partial charge is 0.382 e. The lowest BCUT2D eigenvalue weighted by molar-refractivity contribution is 0.883. The molecule has 0 spiro atoms. The Balaban J connectivity index is 2.18. The van der Waals surface area contributed by atoms with Gasteiger partial charge in [-0.25, -0.2) is 14.6 Å². The summed E-state index contributed by atoms with van der Waals surface area (Å²) in [5, 5.41) is 4.62. The van der Waals surface area contributed by atoms with Crippen LogP contribution < -0.4 is 5.73 Å². The molecule has 2 aromatic heterocycles. The highest BCUT2D eigenvalue weighted by atomic mass is 35.5. The number of halogens is 1. The highest BCUT2D eigenvalue weighted by Gasteiger charge is 2.14. The highest BCUT2D eigenvalue weighted by molar-refractivity contribution is 6.35. The average Bonchev–Trinajstić information content (AvgIpc) is 2.92. The molecule has 19 heavy (non-hydrogen) atoms. The van der Waals surface area contributed by atoms with E-state index in [4.69, 9.17) is 17.3 Å². The average molecular weight is 272 g/mol. The molecule has 0 unspecified atom stereocenters. The third kappa shape index (κ3) is 2.04. The molecule has 5 nitrogen and oxygen atoms in total. The zero-order chi connectivity index (χ0) is 13.2. The van der Waals surface area contributed by atoms with Gasteiger partial charge in [0.05, 0.1) is 17.6 Å². The summed E-state index contributed by atoms with van der Waals surface area (Å²) in [7, 11) is 0. The Labute approximate surface area is 114 Å². The van der Waals surface area contributed by atoms with Crippen LogP contribution in [-0.2, 0) is 0 Å². The second-order valence-electron chi connectivity index (χ2n) is 3.89. The van der Waals surface area contributed by atoms with Crippen molar-refractivity contribution >= 4 is 17.4 Å². The summed E-state index contributed by atoms with van der Waals surface area (Å²) in [6.45, 7) is 0. The van der Waals surface area contributed by atoms with Crippen LogP contribution in [0.4, 0.5) is 5.82 Å². The molecular weight excluding hydrogens is 262 g/mol. The van der Waals surface area contributed by atoms with Crippen LogP contribution in [0.1, 0.15) is 0 Å². The molecule has 0 aliphatic carbocycles. The van der Waals surface area contributed by atoms with Gasteiger partial charge in [-0.15, -0.1) is 0 Å². The van der Waals surface area contributed by atoms with Gasteiger partial charge in [0.1, 0.15) is 22.9 Å². The van der Waals surface area contributed by atoms with Gasteiger partial charge in [-0.2, -0.15) is 5.10 Å². The normalized spacial score (nSPS) is 10.6.